The summed E-state index contributed by atoms with van der Waals surface area (Å²) in [4.78, 5) is 11.8. The van der Waals surface area contributed by atoms with Gasteiger partial charge in [-0.15, -0.1) is 6.58 Å². The van der Waals surface area contributed by atoms with Gasteiger partial charge in [-0.05, 0) is 37.3 Å². The summed E-state index contributed by atoms with van der Waals surface area (Å²) < 4.78 is 27.3. The molecular weight excluding hydrogens is 306 g/mol. The van der Waals surface area contributed by atoms with E-state index in [0.29, 0.717) is 24.0 Å². The van der Waals surface area contributed by atoms with Gasteiger partial charge >= 0.3 is 0 Å². The molecule has 0 bridgehead atoms. The standard InChI is InChI=1S/C21H32F2O/c1-6-8-9-10-11-19(17(4)22)12-13-20(18(5)23)14-15-21(24)16(3)7-2/h7,12-13,16,18H,2,4,6,8-11,14-15H2,1,3,5H3/b19-12-,20-13-. The van der Waals surface area contributed by atoms with Crippen LogP contribution in [0.4, 0.5) is 8.78 Å². The van der Waals surface area contributed by atoms with Crippen LogP contribution >= 0.6 is 0 Å². The maximum Gasteiger partial charge on any atom is 0.139 e. The van der Waals surface area contributed by atoms with Crippen molar-refractivity contribution in [1.82, 2.24) is 0 Å². The smallest absolute Gasteiger partial charge is 0.139 e. The third-order valence-electron chi connectivity index (χ3n) is 4.18. The van der Waals surface area contributed by atoms with Crippen molar-refractivity contribution in [2.75, 3.05) is 0 Å². The second kappa shape index (κ2) is 12.9. The van der Waals surface area contributed by atoms with Crippen LogP contribution in [0, 0.1) is 5.92 Å². The summed E-state index contributed by atoms with van der Waals surface area (Å²) in [5.41, 5.74) is 1.02. The minimum absolute atomic E-state index is 0.0372. The maximum absolute atomic E-state index is 13.8. The number of hydrogen-bond acceptors (Lipinski definition) is 1. The van der Waals surface area contributed by atoms with E-state index in [4.69, 9.17) is 0 Å². The normalized spacial score (nSPS) is 15.0. The van der Waals surface area contributed by atoms with E-state index in [-0.39, 0.29) is 18.1 Å². The first-order valence-electron chi connectivity index (χ1n) is 8.87. The summed E-state index contributed by atoms with van der Waals surface area (Å²) in [6, 6.07) is 0. The number of carbonyl (C=O) groups excluding carboxylic acids is 1. The van der Waals surface area contributed by atoms with Crippen molar-refractivity contribution >= 4 is 5.78 Å². The van der Waals surface area contributed by atoms with Gasteiger partial charge in [-0.2, -0.15) is 0 Å². The average molecular weight is 338 g/mol. The SMILES string of the molecule is C=CC(C)C(=O)CC/C(=C/C=C(/CCCCCC)C(=C)F)C(C)F. The Labute approximate surface area is 146 Å². The van der Waals surface area contributed by atoms with Crippen LogP contribution in [0.1, 0.15) is 65.7 Å². The fourth-order valence-electron chi connectivity index (χ4n) is 2.30. The number of allylic oxidation sites excluding steroid dienone is 6. The van der Waals surface area contributed by atoms with Crippen molar-refractivity contribution in [2.24, 2.45) is 5.92 Å². The number of unbranched alkanes of at least 4 members (excludes halogenated alkanes) is 3. The molecule has 0 heterocycles. The summed E-state index contributed by atoms with van der Waals surface area (Å²) >= 11 is 0. The number of ketones is 1. The van der Waals surface area contributed by atoms with Crippen LogP contribution in [-0.2, 0) is 4.79 Å². The van der Waals surface area contributed by atoms with Crippen LogP contribution in [-0.4, -0.2) is 12.0 Å². The molecule has 0 aromatic rings. The van der Waals surface area contributed by atoms with Gasteiger partial charge in [0.25, 0.3) is 0 Å². The highest BCUT2D eigenvalue weighted by Crippen LogP contribution is 2.21. The molecule has 0 saturated heterocycles. The molecule has 0 aliphatic rings. The fraction of sp³-hybridized carbons (Fsp3) is 0.571. The molecule has 0 saturated carbocycles. The molecule has 24 heavy (non-hydrogen) atoms. The van der Waals surface area contributed by atoms with E-state index >= 15 is 0 Å². The van der Waals surface area contributed by atoms with Crippen molar-refractivity contribution in [3.05, 3.63) is 48.4 Å². The number of alkyl halides is 1. The third kappa shape index (κ3) is 9.59. The monoisotopic (exact) mass is 338 g/mol. The number of Topliss-reactive ketones (excluding diaryl/α,β-unsaturated/α-hetero) is 1. The summed E-state index contributed by atoms with van der Waals surface area (Å²) in [5.74, 6) is -0.656. The topological polar surface area (TPSA) is 17.1 Å². The molecule has 0 aliphatic carbocycles. The second-order valence-corrected chi connectivity index (χ2v) is 6.26. The predicted molar refractivity (Wildman–Crippen MR) is 99.3 cm³/mol. The molecular formula is C21H32F2O. The second-order valence-electron chi connectivity index (χ2n) is 6.26. The minimum Gasteiger partial charge on any atom is -0.299 e. The van der Waals surface area contributed by atoms with Crippen molar-refractivity contribution in [2.45, 2.75) is 71.9 Å². The highest BCUT2D eigenvalue weighted by atomic mass is 19.1. The van der Waals surface area contributed by atoms with Crippen molar-refractivity contribution in [1.29, 1.82) is 0 Å². The molecule has 0 aromatic heterocycles. The summed E-state index contributed by atoms with van der Waals surface area (Å²) in [6.45, 7) is 12.3. The average Bonchev–Trinajstić information content (AvgIpc) is 2.54. The maximum atomic E-state index is 13.8. The van der Waals surface area contributed by atoms with E-state index in [0.717, 1.165) is 25.7 Å². The zero-order chi connectivity index (χ0) is 18.5. The van der Waals surface area contributed by atoms with E-state index in [1.54, 1.807) is 25.2 Å². The van der Waals surface area contributed by atoms with Crippen LogP contribution in [0.2, 0.25) is 0 Å². The summed E-state index contributed by atoms with van der Waals surface area (Å²) in [6.07, 6.45) is 9.04. The zero-order valence-corrected chi connectivity index (χ0v) is 15.4. The Morgan fingerprint density at radius 1 is 1.08 bits per heavy atom. The zero-order valence-electron chi connectivity index (χ0n) is 15.4. The summed E-state index contributed by atoms with van der Waals surface area (Å²) in [7, 11) is 0. The predicted octanol–water partition coefficient (Wildman–Crippen LogP) is 6.82. The Morgan fingerprint density at radius 2 is 1.75 bits per heavy atom. The van der Waals surface area contributed by atoms with Crippen molar-refractivity contribution in [3.63, 3.8) is 0 Å². The number of carbonyl (C=O) groups is 1. The number of halogens is 2. The van der Waals surface area contributed by atoms with Gasteiger partial charge in [0.2, 0.25) is 0 Å². The van der Waals surface area contributed by atoms with E-state index in [1.807, 2.05) is 0 Å². The van der Waals surface area contributed by atoms with Gasteiger partial charge in [0.15, 0.2) is 0 Å². The third-order valence-corrected chi connectivity index (χ3v) is 4.18. The molecule has 136 valence electrons. The molecule has 0 amide bonds. The Balaban J connectivity index is 4.88. The highest BCUT2D eigenvalue weighted by molar-refractivity contribution is 5.82. The van der Waals surface area contributed by atoms with Gasteiger partial charge in [0, 0.05) is 12.3 Å². The molecule has 0 aromatic carbocycles. The molecule has 2 atom stereocenters. The lowest BCUT2D eigenvalue weighted by atomic mass is 9.97. The molecule has 0 spiro atoms. The van der Waals surface area contributed by atoms with Gasteiger partial charge in [-0.25, -0.2) is 8.78 Å². The van der Waals surface area contributed by atoms with Crippen molar-refractivity contribution < 1.29 is 13.6 Å². The first-order valence-corrected chi connectivity index (χ1v) is 8.87. The lowest BCUT2D eigenvalue weighted by molar-refractivity contribution is -0.121. The van der Waals surface area contributed by atoms with Crippen LogP contribution < -0.4 is 0 Å². The Hall–Kier alpha value is -1.51. The molecule has 1 nitrogen and oxygen atoms in total. The molecule has 0 N–H and O–H groups in total. The van der Waals surface area contributed by atoms with Gasteiger partial charge in [-0.1, -0.05) is 57.9 Å². The molecule has 2 unspecified atom stereocenters. The lowest BCUT2D eigenvalue weighted by Crippen LogP contribution is -2.10. The van der Waals surface area contributed by atoms with Gasteiger partial charge in [0.05, 0.1) is 0 Å². The van der Waals surface area contributed by atoms with Crippen LogP contribution in [0.25, 0.3) is 0 Å². The van der Waals surface area contributed by atoms with Crippen molar-refractivity contribution in [3.8, 4) is 0 Å². The lowest BCUT2D eigenvalue weighted by Gasteiger charge is -2.10. The molecule has 0 aliphatic heterocycles. The number of rotatable bonds is 13. The van der Waals surface area contributed by atoms with Gasteiger partial charge in [0.1, 0.15) is 17.8 Å². The van der Waals surface area contributed by atoms with E-state index in [1.165, 1.54) is 6.92 Å². The Bertz CT molecular complexity index is 472. The van der Waals surface area contributed by atoms with E-state index in [2.05, 4.69) is 20.1 Å². The van der Waals surface area contributed by atoms with Gasteiger partial charge in [-0.3, -0.25) is 4.79 Å². The summed E-state index contributed by atoms with van der Waals surface area (Å²) in [5, 5.41) is 0. The Morgan fingerprint density at radius 3 is 2.25 bits per heavy atom. The Kier molecular flexibility index (Phi) is 12.0. The van der Waals surface area contributed by atoms with E-state index in [9.17, 15) is 13.6 Å². The quantitative estimate of drug-likeness (QED) is 0.204. The van der Waals surface area contributed by atoms with Crippen LogP contribution in [0.15, 0.2) is 48.4 Å². The first kappa shape index (κ1) is 22.5. The first-order chi connectivity index (χ1) is 11.3. The van der Waals surface area contributed by atoms with E-state index < -0.39 is 12.0 Å². The van der Waals surface area contributed by atoms with Crippen LogP contribution in [0.3, 0.4) is 0 Å². The molecule has 0 rings (SSSR count). The molecule has 0 radical (unpaired) electrons. The van der Waals surface area contributed by atoms with Crippen LogP contribution in [0.5, 0.6) is 0 Å². The number of hydrogen-bond donors (Lipinski definition) is 0. The fourth-order valence-corrected chi connectivity index (χ4v) is 2.30. The molecule has 3 heteroatoms. The minimum atomic E-state index is -1.16. The van der Waals surface area contributed by atoms with Gasteiger partial charge < -0.3 is 0 Å². The highest BCUT2D eigenvalue weighted by Gasteiger charge is 2.13. The largest absolute Gasteiger partial charge is 0.299 e. The molecule has 0 fully saturated rings.